The molecule has 1 spiro atoms. The summed E-state index contributed by atoms with van der Waals surface area (Å²) in [7, 11) is -7.76. The van der Waals surface area contributed by atoms with E-state index in [1.807, 2.05) is 0 Å². The number of halogens is 4. The van der Waals surface area contributed by atoms with Gasteiger partial charge in [-0.2, -0.15) is 0 Å². The fourth-order valence-corrected chi connectivity index (χ4v) is 11.0. The first kappa shape index (κ1) is 41.3. The van der Waals surface area contributed by atoms with Crippen LogP contribution in [-0.4, -0.2) is 19.5 Å². The Labute approximate surface area is 316 Å². The summed E-state index contributed by atoms with van der Waals surface area (Å²) in [6.07, 6.45) is 21.5. The normalized spacial score (nSPS) is 20.6. The Morgan fingerprint density at radius 1 is 0.471 bits per heavy atom. The van der Waals surface area contributed by atoms with Crippen LogP contribution in [0.2, 0.25) is 0 Å². The molecule has 7 rings (SSSR count). The van der Waals surface area contributed by atoms with E-state index < -0.39 is 23.6 Å². The Morgan fingerprint density at radius 3 is 0.980 bits per heavy atom. The van der Waals surface area contributed by atoms with Crippen LogP contribution >= 0.6 is 16.3 Å². The van der Waals surface area contributed by atoms with Gasteiger partial charge in [0.25, 0.3) is 0 Å². The minimum atomic E-state index is -6.00. The van der Waals surface area contributed by atoms with E-state index in [0.717, 1.165) is 12.8 Å². The molecule has 2 saturated carbocycles. The van der Waals surface area contributed by atoms with Gasteiger partial charge in [0.2, 0.25) is 0 Å². The topological polar surface area (TPSA) is 18.5 Å². The molecule has 0 N–H and O–H groups in total. The third kappa shape index (κ3) is 12.9. The molecule has 0 amide bonds. The van der Waals surface area contributed by atoms with Crippen LogP contribution in [0.25, 0.3) is 0 Å². The van der Waals surface area contributed by atoms with Crippen molar-refractivity contribution in [3.8, 4) is 0 Å². The second-order valence-electron chi connectivity index (χ2n) is 12.7. The molecular weight excluding hydrogens is 776 g/mol. The second-order valence-corrected chi connectivity index (χ2v) is 16.4. The molecule has 4 aromatic rings. The van der Waals surface area contributed by atoms with Crippen molar-refractivity contribution >= 4 is 44.8 Å². The maximum Gasteiger partial charge on any atom is 0.673 e. The molecule has 273 valence electrons. The van der Waals surface area contributed by atoms with Gasteiger partial charge >= 0.3 is 7.25 Å². The maximum absolute atomic E-state index is 9.75. The van der Waals surface area contributed by atoms with Gasteiger partial charge < -0.3 is 26.3 Å². The minimum absolute atomic E-state index is 0. The summed E-state index contributed by atoms with van der Waals surface area (Å²) >= 11 is 0. The number of rotatable bonds is 8. The first-order valence-corrected chi connectivity index (χ1v) is 20.2. The zero-order valence-electron chi connectivity index (χ0n) is 28.7. The van der Waals surface area contributed by atoms with Crippen molar-refractivity contribution in [2.24, 2.45) is 5.41 Å². The standard InChI is InChI=1S/C33H34O2P2.C8H12.BF4.Rh/c1-5-15-27(16-6-1)36(28-17-7-2-8-18-28)34-31-23-13-25-33(31)26-14-24-32(33)35-37(29-19-9-3-10-20-29)30-21-11-4-12-22-30;1-2-4-6-8-7-5-3-1;2-1(3,4)5;/h1-12,15-22,31-32H,13-14,23-26H2;1-2,7-8H,3-6H2;;/q;;-1;/b;2-1-,8-7-;;/t31-,32-,33?;;;/m0.../s1. The van der Waals surface area contributed by atoms with E-state index in [2.05, 4.69) is 146 Å². The number of benzene rings is 4. The molecule has 3 aliphatic carbocycles. The van der Waals surface area contributed by atoms with Crippen LogP contribution in [0.4, 0.5) is 17.3 Å². The van der Waals surface area contributed by atoms with Crippen molar-refractivity contribution in [2.75, 3.05) is 0 Å². The Hall–Kier alpha value is -2.45. The zero-order chi connectivity index (χ0) is 35.1. The minimum Gasteiger partial charge on any atom is -0.418 e. The Kier molecular flexibility index (Phi) is 17.3. The van der Waals surface area contributed by atoms with Crippen LogP contribution in [0.1, 0.15) is 64.2 Å². The third-order valence-electron chi connectivity index (χ3n) is 9.26. The molecule has 2 fully saturated rings. The fraction of sp³-hybridized carbons (Fsp3) is 0.317. The third-order valence-corrected chi connectivity index (χ3v) is 13.3. The Balaban J connectivity index is 0.000000353. The van der Waals surface area contributed by atoms with Crippen molar-refractivity contribution < 1.29 is 45.8 Å². The summed E-state index contributed by atoms with van der Waals surface area (Å²) in [6, 6.07) is 43.3. The van der Waals surface area contributed by atoms with E-state index in [1.165, 1.54) is 72.6 Å². The quantitative estimate of drug-likeness (QED) is 0.0763. The molecule has 0 saturated heterocycles. The van der Waals surface area contributed by atoms with E-state index in [9.17, 15) is 17.3 Å². The van der Waals surface area contributed by atoms with E-state index >= 15 is 0 Å². The molecule has 4 aromatic carbocycles. The number of allylic oxidation sites excluding steroid dienone is 4. The maximum atomic E-state index is 9.75. The van der Waals surface area contributed by atoms with E-state index in [-0.39, 0.29) is 37.1 Å². The molecule has 2 nitrogen and oxygen atoms in total. The summed E-state index contributed by atoms with van der Waals surface area (Å²) in [6.45, 7) is 0. The van der Waals surface area contributed by atoms with Crippen LogP contribution in [0.15, 0.2) is 146 Å². The Bertz CT molecular complexity index is 1390. The molecule has 0 aliphatic heterocycles. The molecule has 3 aliphatic rings. The summed E-state index contributed by atoms with van der Waals surface area (Å²) < 4.78 is 53.5. The smallest absolute Gasteiger partial charge is 0.418 e. The van der Waals surface area contributed by atoms with Gasteiger partial charge in [0, 0.05) is 46.1 Å². The Morgan fingerprint density at radius 2 is 0.725 bits per heavy atom. The zero-order valence-corrected chi connectivity index (χ0v) is 32.1. The predicted octanol–water partition coefficient (Wildman–Crippen LogP) is 11.2. The van der Waals surface area contributed by atoms with E-state index in [1.54, 1.807) is 0 Å². The van der Waals surface area contributed by atoms with E-state index in [4.69, 9.17) is 9.05 Å². The van der Waals surface area contributed by atoms with Crippen molar-refractivity contribution in [3.05, 3.63) is 146 Å². The summed E-state index contributed by atoms with van der Waals surface area (Å²) in [5.41, 5.74) is 0.0916. The van der Waals surface area contributed by atoms with Crippen LogP contribution in [0.3, 0.4) is 0 Å². The van der Waals surface area contributed by atoms with Crippen molar-refractivity contribution in [1.29, 1.82) is 0 Å². The predicted molar refractivity (Wildman–Crippen MR) is 205 cm³/mol. The summed E-state index contributed by atoms with van der Waals surface area (Å²) in [4.78, 5) is 0. The van der Waals surface area contributed by atoms with Crippen molar-refractivity contribution in [3.63, 3.8) is 0 Å². The molecule has 0 bridgehead atoms. The van der Waals surface area contributed by atoms with Gasteiger partial charge in [-0.3, -0.25) is 0 Å². The monoisotopic (exact) mass is 822 g/mol. The second kappa shape index (κ2) is 21.3. The molecule has 0 heterocycles. The van der Waals surface area contributed by atoms with Gasteiger partial charge in [0.05, 0.1) is 28.5 Å². The molecule has 1 radical (unpaired) electrons. The molecule has 51 heavy (non-hydrogen) atoms. The van der Waals surface area contributed by atoms with Gasteiger partial charge in [-0.15, -0.1) is 0 Å². The van der Waals surface area contributed by atoms with Crippen LogP contribution < -0.4 is 21.2 Å². The van der Waals surface area contributed by atoms with Gasteiger partial charge in [-0.25, -0.2) is 0 Å². The number of hydrogen-bond donors (Lipinski definition) is 0. The SMILES string of the molecule is C1=C\CC/C=C\CC/1.F[B-](F)(F)F.[Rh].c1ccc(P(O[C@H]2CCCC23CCC[C@@H]3OP(c2ccccc2)c2ccccc2)c2ccccc2)cc1. The largest absolute Gasteiger partial charge is 0.673 e. The first-order valence-electron chi connectivity index (χ1n) is 17.6. The molecular formula is C41H46BF4O2P2Rh-. The fourth-order valence-electron chi connectivity index (χ4n) is 7.01. The van der Waals surface area contributed by atoms with Crippen molar-refractivity contribution in [1.82, 2.24) is 0 Å². The van der Waals surface area contributed by atoms with Crippen LogP contribution in [0.5, 0.6) is 0 Å². The van der Waals surface area contributed by atoms with Crippen LogP contribution in [0, 0.1) is 5.41 Å². The summed E-state index contributed by atoms with van der Waals surface area (Å²) in [5.74, 6) is 0. The van der Waals surface area contributed by atoms with Gasteiger partial charge in [0.1, 0.15) is 0 Å². The molecule has 0 aromatic heterocycles. The average Bonchev–Trinajstić information content (AvgIpc) is 3.72. The summed E-state index contributed by atoms with van der Waals surface area (Å²) in [5, 5.41) is 5.16. The van der Waals surface area contributed by atoms with Gasteiger partial charge in [-0.05, 0) is 51.4 Å². The van der Waals surface area contributed by atoms with Gasteiger partial charge in [-0.1, -0.05) is 158 Å². The van der Waals surface area contributed by atoms with Crippen molar-refractivity contribution in [2.45, 2.75) is 76.4 Å². The van der Waals surface area contributed by atoms with Crippen LogP contribution in [-0.2, 0) is 28.5 Å². The average molecular weight is 822 g/mol. The molecule has 2 atom stereocenters. The number of hydrogen-bond acceptors (Lipinski definition) is 2. The van der Waals surface area contributed by atoms with E-state index in [0.29, 0.717) is 0 Å². The van der Waals surface area contributed by atoms with Gasteiger partial charge in [0.15, 0.2) is 0 Å². The first-order chi connectivity index (χ1) is 24.3. The molecule has 0 unspecified atom stereocenters. The molecule has 10 heteroatoms.